The third-order valence-corrected chi connectivity index (χ3v) is 5.12. The maximum absolute atomic E-state index is 12.9. The number of rotatable bonds is 4. The van der Waals surface area contributed by atoms with E-state index >= 15 is 0 Å². The van der Waals surface area contributed by atoms with E-state index in [1.165, 1.54) is 24.3 Å². The minimum Gasteiger partial charge on any atom is -0.302 e. The molecule has 0 unspecified atom stereocenters. The molecular weight excluding hydrogens is 366 g/mol. The molecule has 0 spiro atoms. The zero-order valence-corrected chi connectivity index (χ0v) is 15.6. The molecule has 0 N–H and O–H groups in total. The van der Waals surface area contributed by atoms with Crippen LogP contribution in [-0.2, 0) is 12.6 Å². The van der Waals surface area contributed by atoms with Gasteiger partial charge in [0, 0.05) is 18.5 Å². The Morgan fingerprint density at radius 1 is 1.00 bits per heavy atom. The summed E-state index contributed by atoms with van der Waals surface area (Å²) in [6.07, 6.45) is -0.866. The normalized spacial score (nSPS) is 15.9. The standard InChI is InChI=1S/C23H23F4N/c24-22-9-7-18(8-10-22)4-1-2-13-28-14-11-19(12-15-28)16-20-5-3-6-21(17-20)23(25,26)27/h3,5-10,17,19H,2,11-16H2. The van der Waals surface area contributed by atoms with Crippen LogP contribution in [0, 0.1) is 23.6 Å². The van der Waals surface area contributed by atoms with Crippen LogP contribution in [0.3, 0.4) is 0 Å². The Labute approximate surface area is 163 Å². The summed E-state index contributed by atoms with van der Waals surface area (Å²) in [5.41, 5.74) is 1.00. The summed E-state index contributed by atoms with van der Waals surface area (Å²) in [6, 6.07) is 11.8. The van der Waals surface area contributed by atoms with E-state index in [-0.39, 0.29) is 5.82 Å². The van der Waals surface area contributed by atoms with Crippen molar-refractivity contribution in [3.05, 3.63) is 71.0 Å². The quantitative estimate of drug-likeness (QED) is 0.490. The lowest BCUT2D eigenvalue weighted by molar-refractivity contribution is -0.137. The highest BCUT2D eigenvalue weighted by molar-refractivity contribution is 5.34. The average Bonchev–Trinajstić information content (AvgIpc) is 2.67. The summed E-state index contributed by atoms with van der Waals surface area (Å²) in [4.78, 5) is 2.35. The molecule has 2 aromatic rings. The highest BCUT2D eigenvalue weighted by Gasteiger charge is 2.30. The highest BCUT2D eigenvalue weighted by Crippen LogP contribution is 2.30. The Balaban J connectivity index is 1.42. The molecule has 1 fully saturated rings. The van der Waals surface area contributed by atoms with E-state index in [1.807, 2.05) is 0 Å². The molecule has 28 heavy (non-hydrogen) atoms. The zero-order valence-electron chi connectivity index (χ0n) is 15.6. The summed E-state index contributed by atoms with van der Waals surface area (Å²) >= 11 is 0. The lowest BCUT2D eigenvalue weighted by Crippen LogP contribution is -2.34. The fraction of sp³-hybridized carbons (Fsp3) is 0.391. The summed E-state index contributed by atoms with van der Waals surface area (Å²) in [6.45, 7) is 2.77. The Bertz CT molecular complexity index is 822. The van der Waals surface area contributed by atoms with Crippen molar-refractivity contribution in [3.8, 4) is 11.8 Å². The van der Waals surface area contributed by atoms with Crippen LogP contribution in [0.15, 0.2) is 48.5 Å². The molecule has 0 radical (unpaired) electrons. The second-order valence-electron chi connectivity index (χ2n) is 7.25. The van der Waals surface area contributed by atoms with Crippen molar-refractivity contribution in [2.45, 2.75) is 31.9 Å². The molecule has 1 aliphatic heterocycles. The van der Waals surface area contributed by atoms with Crippen molar-refractivity contribution in [1.82, 2.24) is 4.90 Å². The van der Waals surface area contributed by atoms with E-state index in [9.17, 15) is 17.6 Å². The van der Waals surface area contributed by atoms with Crippen molar-refractivity contribution in [2.75, 3.05) is 19.6 Å². The van der Waals surface area contributed by atoms with Gasteiger partial charge >= 0.3 is 6.18 Å². The first-order valence-electron chi connectivity index (χ1n) is 9.53. The monoisotopic (exact) mass is 389 g/mol. The van der Waals surface area contributed by atoms with Gasteiger partial charge in [-0.1, -0.05) is 30.0 Å². The first kappa shape index (κ1) is 20.4. The van der Waals surface area contributed by atoms with Gasteiger partial charge in [-0.2, -0.15) is 13.2 Å². The minimum absolute atomic E-state index is 0.265. The molecular formula is C23H23F4N. The Hall–Kier alpha value is -2.32. The number of likely N-dealkylation sites (tertiary alicyclic amines) is 1. The molecule has 0 aliphatic carbocycles. The zero-order chi connectivity index (χ0) is 20.0. The van der Waals surface area contributed by atoms with E-state index in [4.69, 9.17) is 0 Å². The molecule has 1 nitrogen and oxygen atoms in total. The molecule has 1 aliphatic rings. The molecule has 0 amide bonds. The van der Waals surface area contributed by atoms with Crippen LogP contribution in [0.1, 0.15) is 36.0 Å². The first-order chi connectivity index (χ1) is 13.4. The molecule has 0 atom stereocenters. The van der Waals surface area contributed by atoms with Gasteiger partial charge in [-0.05, 0) is 74.2 Å². The van der Waals surface area contributed by atoms with Crippen LogP contribution in [0.5, 0.6) is 0 Å². The van der Waals surface area contributed by atoms with Crippen LogP contribution in [0.25, 0.3) is 0 Å². The first-order valence-corrected chi connectivity index (χ1v) is 9.53. The Morgan fingerprint density at radius 2 is 1.71 bits per heavy atom. The van der Waals surface area contributed by atoms with E-state index in [1.54, 1.807) is 18.2 Å². The maximum atomic E-state index is 12.9. The van der Waals surface area contributed by atoms with E-state index in [2.05, 4.69) is 16.7 Å². The van der Waals surface area contributed by atoms with Crippen LogP contribution in [0.4, 0.5) is 17.6 Å². The molecule has 2 aromatic carbocycles. The molecule has 0 saturated carbocycles. The second kappa shape index (κ2) is 9.25. The van der Waals surface area contributed by atoms with Crippen LogP contribution in [-0.4, -0.2) is 24.5 Å². The van der Waals surface area contributed by atoms with Gasteiger partial charge in [0.2, 0.25) is 0 Å². The number of alkyl halides is 3. The van der Waals surface area contributed by atoms with Crippen molar-refractivity contribution in [1.29, 1.82) is 0 Å². The number of hydrogen-bond donors (Lipinski definition) is 0. The third-order valence-electron chi connectivity index (χ3n) is 5.12. The number of hydrogen-bond acceptors (Lipinski definition) is 1. The van der Waals surface area contributed by atoms with Crippen LogP contribution >= 0.6 is 0 Å². The summed E-state index contributed by atoms with van der Waals surface area (Å²) in [5, 5.41) is 0. The van der Waals surface area contributed by atoms with Gasteiger partial charge in [0.05, 0.1) is 5.56 Å². The van der Waals surface area contributed by atoms with Gasteiger partial charge in [-0.25, -0.2) is 4.39 Å². The SMILES string of the molecule is Fc1ccc(C#CCCN2CCC(Cc3cccc(C(F)(F)F)c3)CC2)cc1. The minimum atomic E-state index is -4.28. The van der Waals surface area contributed by atoms with Crippen molar-refractivity contribution >= 4 is 0 Å². The third kappa shape index (κ3) is 6.10. The highest BCUT2D eigenvalue weighted by atomic mass is 19.4. The van der Waals surface area contributed by atoms with Gasteiger partial charge < -0.3 is 4.90 Å². The molecule has 1 saturated heterocycles. The molecule has 3 rings (SSSR count). The largest absolute Gasteiger partial charge is 0.416 e. The number of piperidine rings is 1. The van der Waals surface area contributed by atoms with E-state index < -0.39 is 11.7 Å². The van der Waals surface area contributed by atoms with Crippen molar-refractivity contribution in [3.63, 3.8) is 0 Å². The molecule has 0 aromatic heterocycles. The lowest BCUT2D eigenvalue weighted by atomic mass is 9.89. The van der Waals surface area contributed by atoms with Gasteiger partial charge in [0.15, 0.2) is 0 Å². The van der Waals surface area contributed by atoms with Crippen molar-refractivity contribution < 1.29 is 17.6 Å². The Morgan fingerprint density at radius 3 is 2.39 bits per heavy atom. The number of halogens is 4. The number of benzene rings is 2. The van der Waals surface area contributed by atoms with Crippen molar-refractivity contribution in [2.24, 2.45) is 5.92 Å². The fourth-order valence-corrected chi connectivity index (χ4v) is 3.53. The molecule has 1 heterocycles. The summed E-state index contributed by atoms with van der Waals surface area (Å²) < 4.78 is 51.4. The lowest BCUT2D eigenvalue weighted by Gasteiger charge is -2.31. The average molecular weight is 389 g/mol. The maximum Gasteiger partial charge on any atom is 0.416 e. The van der Waals surface area contributed by atoms with Gasteiger partial charge in [0.1, 0.15) is 5.82 Å². The predicted octanol–water partition coefficient (Wildman–Crippen LogP) is 5.54. The van der Waals surface area contributed by atoms with E-state index in [0.717, 1.165) is 56.1 Å². The van der Waals surface area contributed by atoms with E-state index in [0.29, 0.717) is 12.3 Å². The van der Waals surface area contributed by atoms with Crippen LogP contribution < -0.4 is 0 Å². The molecule has 5 heteroatoms. The molecule has 148 valence electrons. The molecule has 0 bridgehead atoms. The van der Waals surface area contributed by atoms with Gasteiger partial charge in [0.25, 0.3) is 0 Å². The fourth-order valence-electron chi connectivity index (χ4n) is 3.53. The van der Waals surface area contributed by atoms with Gasteiger partial charge in [-0.3, -0.25) is 0 Å². The predicted molar refractivity (Wildman–Crippen MR) is 102 cm³/mol. The smallest absolute Gasteiger partial charge is 0.302 e. The van der Waals surface area contributed by atoms with Gasteiger partial charge in [-0.15, -0.1) is 0 Å². The summed E-state index contributed by atoms with van der Waals surface area (Å²) in [7, 11) is 0. The van der Waals surface area contributed by atoms with Crippen LogP contribution in [0.2, 0.25) is 0 Å². The Kier molecular flexibility index (Phi) is 6.74. The number of nitrogens with zero attached hydrogens (tertiary/aromatic N) is 1. The summed E-state index contributed by atoms with van der Waals surface area (Å²) in [5.74, 6) is 6.31. The second-order valence-corrected chi connectivity index (χ2v) is 7.25. The topological polar surface area (TPSA) is 3.24 Å².